The minimum atomic E-state index is -4.14. The average molecular weight is 322 g/mol. The van der Waals surface area contributed by atoms with Crippen molar-refractivity contribution < 1.29 is 21.6 Å². The van der Waals surface area contributed by atoms with Gasteiger partial charge in [-0.1, -0.05) is 0 Å². The van der Waals surface area contributed by atoms with Crippen LogP contribution >= 0.6 is 0 Å². The molecule has 0 aliphatic heterocycles. The van der Waals surface area contributed by atoms with Crippen molar-refractivity contribution in [3.8, 4) is 0 Å². The summed E-state index contributed by atoms with van der Waals surface area (Å²) in [6.45, 7) is 0.186. The van der Waals surface area contributed by atoms with Crippen LogP contribution < -0.4 is 10.0 Å². The Bertz CT molecular complexity index is 566. The fourth-order valence-corrected chi connectivity index (χ4v) is 3.07. The highest BCUT2D eigenvalue weighted by atomic mass is 32.2. The predicted molar refractivity (Wildman–Crippen MR) is 73.6 cm³/mol. The molecule has 1 aromatic carbocycles. The first kappa shape index (κ1) is 16.1. The Hall–Kier alpha value is -1.28. The third-order valence-electron chi connectivity index (χ3n) is 3.03. The number of hydrogen-bond acceptors (Lipinski definition) is 3. The van der Waals surface area contributed by atoms with Gasteiger partial charge in [-0.25, -0.2) is 13.1 Å². The van der Waals surface area contributed by atoms with E-state index in [9.17, 15) is 21.6 Å². The first-order valence-corrected chi connectivity index (χ1v) is 8.18. The maximum absolute atomic E-state index is 12.0. The van der Waals surface area contributed by atoms with Crippen LogP contribution in [0.2, 0.25) is 0 Å². The summed E-state index contributed by atoms with van der Waals surface area (Å²) in [7, 11) is -3.48. The molecule has 21 heavy (non-hydrogen) atoms. The van der Waals surface area contributed by atoms with Crippen molar-refractivity contribution in [3.05, 3.63) is 24.3 Å². The second-order valence-corrected chi connectivity index (χ2v) is 6.78. The van der Waals surface area contributed by atoms with Crippen molar-refractivity contribution in [1.82, 2.24) is 4.72 Å². The monoisotopic (exact) mass is 322 g/mol. The summed E-state index contributed by atoms with van der Waals surface area (Å²) >= 11 is 0. The molecule has 1 aliphatic rings. The molecule has 1 aliphatic carbocycles. The zero-order chi connectivity index (χ0) is 15.5. The van der Waals surface area contributed by atoms with E-state index in [2.05, 4.69) is 10.0 Å². The van der Waals surface area contributed by atoms with Crippen molar-refractivity contribution in [2.45, 2.75) is 42.8 Å². The first-order valence-electron chi connectivity index (χ1n) is 6.69. The molecule has 0 atom stereocenters. The van der Waals surface area contributed by atoms with E-state index < -0.39 is 22.6 Å². The van der Waals surface area contributed by atoms with Crippen LogP contribution in [0, 0.1) is 0 Å². The fourth-order valence-electron chi connectivity index (χ4n) is 1.76. The number of anilines is 1. The minimum Gasteiger partial charge on any atom is -0.385 e. The Labute approximate surface area is 121 Å². The SMILES string of the molecule is O=S(=O)(NC1CC1)c1ccc(NCCCC(F)(F)F)cc1. The number of nitrogens with one attached hydrogen (secondary N) is 2. The Morgan fingerprint density at radius 1 is 1.14 bits per heavy atom. The van der Waals surface area contributed by atoms with Gasteiger partial charge in [-0.15, -0.1) is 0 Å². The zero-order valence-electron chi connectivity index (χ0n) is 11.3. The van der Waals surface area contributed by atoms with E-state index >= 15 is 0 Å². The van der Waals surface area contributed by atoms with Gasteiger partial charge in [0.05, 0.1) is 4.90 Å². The molecular formula is C13H17F3N2O2S. The predicted octanol–water partition coefficient (Wildman–Crippen LogP) is 2.88. The van der Waals surface area contributed by atoms with Crippen LogP contribution in [-0.2, 0) is 10.0 Å². The molecule has 0 heterocycles. The topological polar surface area (TPSA) is 58.2 Å². The van der Waals surface area contributed by atoms with E-state index in [1.54, 1.807) is 12.1 Å². The molecule has 118 valence electrons. The van der Waals surface area contributed by atoms with E-state index in [0.29, 0.717) is 5.69 Å². The highest BCUT2D eigenvalue weighted by Crippen LogP contribution is 2.23. The van der Waals surface area contributed by atoms with Gasteiger partial charge in [0, 0.05) is 24.7 Å². The van der Waals surface area contributed by atoms with Gasteiger partial charge in [0.25, 0.3) is 0 Å². The van der Waals surface area contributed by atoms with Gasteiger partial charge in [-0.3, -0.25) is 0 Å². The second kappa shape index (κ2) is 6.23. The number of halogens is 3. The largest absolute Gasteiger partial charge is 0.389 e. The molecule has 0 aromatic heterocycles. The van der Waals surface area contributed by atoms with Crippen molar-refractivity contribution >= 4 is 15.7 Å². The zero-order valence-corrected chi connectivity index (χ0v) is 12.1. The van der Waals surface area contributed by atoms with Gasteiger partial charge in [0.1, 0.15) is 0 Å². The highest BCUT2D eigenvalue weighted by molar-refractivity contribution is 7.89. The third kappa shape index (κ3) is 5.55. The molecule has 0 radical (unpaired) electrons. The summed E-state index contributed by atoms with van der Waals surface area (Å²) < 4.78 is 62.3. The molecule has 1 fully saturated rings. The van der Waals surface area contributed by atoms with Gasteiger partial charge in [0.2, 0.25) is 10.0 Å². The quantitative estimate of drug-likeness (QED) is 0.759. The first-order chi connectivity index (χ1) is 9.76. The lowest BCUT2D eigenvalue weighted by Gasteiger charge is -2.09. The lowest BCUT2D eigenvalue weighted by molar-refractivity contribution is -0.134. The number of hydrogen-bond donors (Lipinski definition) is 2. The Morgan fingerprint density at radius 3 is 2.29 bits per heavy atom. The Balaban J connectivity index is 1.84. The molecule has 2 rings (SSSR count). The molecular weight excluding hydrogens is 305 g/mol. The minimum absolute atomic E-state index is 0.0210. The summed E-state index contributed by atoms with van der Waals surface area (Å²) in [5.41, 5.74) is 0.600. The summed E-state index contributed by atoms with van der Waals surface area (Å²) in [5.74, 6) is 0. The van der Waals surface area contributed by atoms with E-state index in [4.69, 9.17) is 0 Å². The molecule has 0 bridgehead atoms. The smallest absolute Gasteiger partial charge is 0.385 e. The van der Waals surface area contributed by atoms with E-state index in [-0.39, 0.29) is 23.9 Å². The van der Waals surface area contributed by atoms with Gasteiger partial charge in [-0.2, -0.15) is 13.2 Å². The van der Waals surface area contributed by atoms with Gasteiger partial charge >= 0.3 is 6.18 Å². The molecule has 0 amide bonds. The summed E-state index contributed by atoms with van der Waals surface area (Å²) in [6.07, 6.45) is -3.28. The number of benzene rings is 1. The average Bonchev–Trinajstić information content (AvgIpc) is 3.17. The van der Waals surface area contributed by atoms with Crippen molar-refractivity contribution in [3.63, 3.8) is 0 Å². The summed E-state index contributed by atoms with van der Waals surface area (Å²) in [4.78, 5) is 0.162. The molecule has 1 aromatic rings. The molecule has 2 N–H and O–H groups in total. The lowest BCUT2D eigenvalue weighted by atomic mass is 10.3. The molecule has 0 saturated heterocycles. The van der Waals surface area contributed by atoms with Crippen molar-refractivity contribution in [2.75, 3.05) is 11.9 Å². The molecule has 0 unspecified atom stereocenters. The van der Waals surface area contributed by atoms with E-state index in [1.807, 2.05) is 0 Å². The van der Waals surface area contributed by atoms with Crippen LogP contribution in [0.25, 0.3) is 0 Å². The molecule has 1 saturated carbocycles. The number of sulfonamides is 1. The lowest BCUT2D eigenvalue weighted by Crippen LogP contribution is -2.25. The number of rotatable bonds is 7. The summed E-state index contributed by atoms with van der Waals surface area (Å²) in [5, 5.41) is 2.83. The number of alkyl halides is 3. The maximum atomic E-state index is 12.0. The van der Waals surface area contributed by atoms with Gasteiger partial charge in [-0.05, 0) is 43.5 Å². The highest BCUT2D eigenvalue weighted by Gasteiger charge is 2.28. The van der Waals surface area contributed by atoms with Crippen LogP contribution in [-0.4, -0.2) is 27.2 Å². The van der Waals surface area contributed by atoms with Crippen LogP contribution in [0.4, 0.5) is 18.9 Å². The standard InChI is InChI=1S/C13H17F3N2O2S/c14-13(15,16)8-1-9-17-10-4-6-12(7-5-10)21(19,20)18-11-2-3-11/h4-7,11,17-18H,1-3,8-9H2. The normalized spacial score (nSPS) is 16.0. The van der Waals surface area contributed by atoms with Crippen molar-refractivity contribution in [1.29, 1.82) is 0 Å². The van der Waals surface area contributed by atoms with E-state index in [1.165, 1.54) is 12.1 Å². The van der Waals surface area contributed by atoms with Gasteiger partial charge < -0.3 is 5.32 Å². The van der Waals surface area contributed by atoms with E-state index in [0.717, 1.165) is 12.8 Å². The Morgan fingerprint density at radius 2 is 1.76 bits per heavy atom. The van der Waals surface area contributed by atoms with Crippen molar-refractivity contribution in [2.24, 2.45) is 0 Å². The Kier molecular flexibility index (Phi) is 4.77. The third-order valence-corrected chi connectivity index (χ3v) is 4.57. The van der Waals surface area contributed by atoms with Crippen LogP contribution in [0.5, 0.6) is 0 Å². The van der Waals surface area contributed by atoms with Crippen LogP contribution in [0.15, 0.2) is 29.2 Å². The molecule has 4 nitrogen and oxygen atoms in total. The van der Waals surface area contributed by atoms with Crippen LogP contribution in [0.3, 0.4) is 0 Å². The maximum Gasteiger partial charge on any atom is 0.389 e. The fraction of sp³-hybridized carbons (Fsp3) is 0.538. The second-order valence-electron chi connectivity index (χ2n) is 5.07. The molecule has 0 spiro atoms. The van der Waals surface area contributed by atoms with Crippen LogP contribution in [0.1, 0.15) is 25.7 Å². The summed E-state index contributed by atoms with van der Waals surface area (Å²) in [6, 6.07) is 6.02. The molecule has 8 heteroatoms. The van der Waals surface area contributed by atoms with Gasteiger partial charge in [0.15, 0.2) is 0 Å².